The Labute approximate surface area is 90.9 Å². The molecule has 1 N–H and O–H groups in total. The lowest BCUT2D eigenvalue weighted by atomic mass is 10.1. The van der Waals surface area contributed by atoms with Crippen molar-refractivity contribution in [2.75, 3.05) is 6.61 Å². The average molecular weight is 204 g/mol. The van der Waals surface area contributed by atoms with Gasteiger partial charge in [0.05, 0.1) is 12.7 Å². The van der Waals surface area contributed by atoms with Gasteiger partial charge in [0.1, 0.15) is 5.75 Å². The molecule has 80 valence electrons. The van der Waals surface area contributed by atoms with Crippen molar-refractivity contribution in [1.82, 2.24) is 0 Å². The van der Waals surface area contributed by atoms with Crippen molar-refractivity contribution in [2.24, 2.45) is 0 Å². The van der Waals surface area contributed by atoms with E-state index >= 15 is 0 Å². The molecule has 0 saturated carbocycles. The maximum atomic E-state index is 9.30. The van der Waals surface area contributed by atoms with E-state index in [1.165, 1.54) is 0 Å². The van der Waals surface area contributed by atoms with Crippen LogP contribution >= 0.6 is 0 Å². The van der Waals surface area contributed by atoms with Crippen LogP contribution in [0.4, 0.5) is 0 Å². The molecule has 0 saturated heterocycles. The van der Waals surface area contributed by atoms with E-state index in [0.29, 0.717) is 6.61 Å². The molecule has 1 aromatic rings. The Bertz CT molecular complexity index is 319. The maximum absolute atomic E-state index is 9.30. The van der Waals surface area contributed by atoms with Gasteiger partial charge < -0.3 is 9.84 Å². The van der Waals surface area contributed by atoms with E-state index in [1.54, 1.807) is 6.92 Å². The largest absolute Gasteiger partial charge is 0.494 e. The normalized spacial score (nSPS) is 11.8. The zero-order valence-corrected chi connectivity index (χ0v) is 8.94. The first-order chi connectivity index (χ1) is 7.24. The molecule has 1 aromatic carbocycles. The van der Waals surface area contributed by atoms with Gasteiger partial charge >= 0.3 is 0 Å². The Morgan fingerprint density at radius 3 is 2.60 bits per heavy atom. The van der Waals surface area contributed by atoms with Crippen molar-refractivity contribution in [3.05, 3.63) is 29.8 Å². The third-order valence-electron chi connectivity index (χ3n) is 2.10. The van der Waals surface area contributed by atoms with E-state index in [2.05, 4.69) is 5.92 Å². The van der Waals surface area contributed by atoms with Gasteiger partial charge in [-0.25, -0.2) is 0 Å². The van der Waals surface area contributed by atoms with Crippen molar-refractivity contribution in [3.8, 4) is 18.1 Å². The van der Waals surface area contributed by atoms with Gasteiger partial charge in [-0.1, -0.05) is 12.1 Å². The first-order valence-electron chi connectivity index (χ1n) is 5.08. The molecule has 0 bridgehead atoms. The predicted molar refractivity (Wildman–Crippen MR) is 60.6 cm³/mol. The number of unbranched alkanes of at least 4 members (excludes halogenated alkanes) is 1. The van der Waals surface area contributed by atoms with Crippen LogP contribution in [0.5, 0.6) is 5.75 Å². The molecule has 0 aliphatic rings. The number of aliphatic hydroxyl groups excluding tert-OH is 1. The van der Waals surface area contributed by atoms with Crippen molar-refractivity contribution in [2.45, 2.75) is 25.9 Å². The van der Waals surface area contributed by atoms with Crippen LogP contribution in [-0.2, 0) is 0 Å². The van der Waals surface area contributed by atoms with Gasteiger partial charge in [0, 0.05) is 6.42 Å². The number of terminal acetylenes is 1. The van der Waals surface area contributed by atoms with Crippen LogP contribution in [-0.4, -0.2) is 11.7 Å². The van der Waals surface area contributed by atoms with Gasteiger partial charge in [-0.2, -0.15) is 0 Å². The first kappa shape index (κ1) is 11.6. The molecule has 15 heavy (non-hydrogen) atoms. The highest BCUT2D eigenvalue weighted by Crippen LogP contribution is 2.17. The zero-order chi connectivity index (χ0) is 11.1. The van der Waals surface area contributed by atoms with Crippen LogP contribution in [0, 0.1) is 12.3 Å². The minimum Gasteiger partial charge on any atom is -0.494 e. The van der Waals surface area contributed by atoms with Crippen LogP contribution in [0.3, 0.4) is 0 Å². The zero-order valence-electron chi connectivity index (χ0n) is 8.94. The SMILES string of the molecule is C#CCCCOc1ccc([C@H](C)O)cc1. The summed E-state index contributed by atoms with van der Waals surface area (Å²) in [5.41, 5.74) is 0.894. The number of aliphatic hydroxyl groups is 1. The average Bonchev–Trinajstić information content (AvgIpc) is 2.25. The van der Waals surface area contributed by atoms with Gasteiger partial charge in [-0.05, 0) is 31.0 Å². The fourth-order valence-electron chi connectivity index (χ4n) is 1.21. The summed E-state index contributed by atoms with van der Waals surface area (Å²) in [6.07, 6.45) is 6.31. The maximum Gasteiger partial charge on any atom is 0.119 e. The molecular weight excluding hydrogens is 188 g/mol. The molecule has 2 heteroatoms. The minimum atomic E-state index is -0.430. The quantitative estimate of drug-likeness (QED) is 0.590. The number of ether oxygens (including phenoxy) is 1. The second-order valence-corrected chi connectivity index (χ2v) is 3.40. The van der Waals surface area contributed by atoms with Gasteiger partial charge in [0.2, 0.25) is 0 Å². The van der Waals surface area contributed by atoms with E-state index in [9.17, 15) is 5.11 Å². The summed E-state index contributed by atoms with van der Waals surface area (Å²) in [6, 6.07) is 7.44. The molecule has 0 spiro atoms. The summed E-state index contributed by atoms with van der Waals surface area (Å²) >= 11 is 0. The second-order valence-electron chi connectivity index (χ2n) is 3.40. The van der Waals surface area contributed by atoms with Crippen molar-refractivity contribution < 1.29 is 9.84 Å². The Balaban J connectivity index is 2.40. The van der Waals surface area contributed by atoms with E-state index in [4.69, 9.17) is 11.2 Å². The van der Waals surface area contributed by atoms with E-state index in [0.717, 1.165) is 24.2 Å². The van der Waals surface area contributed by atoms with Crippen molar-refractivity contribution in [1.29, 1.82) is 0 Å². The Kier molecular flexibility index (Phi) is 4.73. The Hall–Kier alpha value is -1.46. The third kappa shape index (κ3) is 4.05. The topological polar surface area (TPSA) is 29.5 Å². The molecule has 1 rings (SSSR count). The molecular formula is C13H16O2. The molecule has 0 amide bonds. The highest BCUT2D eigenvalue weighted by Gasteiger charge is 2.00. The molecule has 0 aromatic heterocycles. The van der Waals surface area contributed by atoms with Crippen LogP contribution < -0.4 is 4.74 Å². The number of hydrogen-bond donors (Lipinski definition) is 1. The summed E-state index contributed by atoms with van der Waals surface area (Å²) in [4.78, 5) is 0. The smallest absolute Gasteiger partial charge is 0.119 e. The minimum absolute atomic E-state index is 0.430. The van der Waals surface area contributed by atoms with Crippen molar-refractivity contribution in [3.63, 3.8) is 0 Å². The van der Waals surface area contributed by atoms with Crippen LogP contribution in [0.15, 0.2) is 24.3 Å². The predicted octanol–water partition coefficient (Wildman–Crippen LogP) is 2.53. The van der Waals surface area contributed by atoms with Gasteiger partial charge in [0.15, 0.2) is 0 Å². The molecule has 0 unspecified atom stereocenters. The third-order valence-corrected chi connectivity index (χ3v) is 2.10. The molecule has 0 heterocycles. The lowest BCUT2D eigenvalue weighted by Gasteiger charge is -2.07. The lowest BCUT2D eigenvalue weighted by Crippen LogP contribution is -1.97. The molecule has 0 aliphatic heterocycles. The van der Waals surface area contributed by atoms with Crippen LogP contribution in [0.1, 0.15) is 31.4 Å². The summed E-state index contributed by atoms with van der Waals surface area (Å²) in [5, 5.41) is 9.30. The Morgan fingerprint density at radius 2 is 2.07 bits per heavy atom. The molecule has 0 aliphatic carbocycles. The van der Waals surface area contributed by atoms with E-state index < -0.39 is 6.10 Å². The van der Waals surface area contributed by atoms with Crippen LogP contribution in [0.25, 0.3) is 0 Å². The lowest BCUT2D eigenvalue weighted by molar-refractivity contribution is 0.199. The fourth-order valence-corrected chi connectivity index (χ4v) is 1.21. The van der Waals surface area contributed by atoms with Crippen LogP contribution in [0.2, 0.25) is 0 Å². The molecule has 1 atom stereocenters. The van der Waals surface area contributed by atoms with E-state index in [-0.39, 0.29) is 0 Å². The molecule has 0 fully saturated rings. The van der Waals surface area contributed by atoms with Gasteiger partial charge in [-0.15, -0.1) is 12.3 Å². The monoisotopic (exact) mass is 204 g/mol. The summed E-state index contributed by atoms with van der Waals surface area (Å²) in [7, 11) is 0. The van der Waals surface area contributed by atoms with Gasteiger partial charge in [0.25, 0.3) is 0 Å². The first-order valence-corrected chi connectivity index (χ1v) is 5.08. The fraction of sp³-hybridized carbons (Fsp3) is 0.385. The number of rotatable bonds is 5. The Morgan fingerprint density at radius 1 is 1.40 bits per heavy atom. The standard InChI is InChI=1S/C13H16O2/c1-3-4-5-10-15-13-8-6-12(7-9-13)11(2)14/h1,6-9,11,14H,4-5,10H2,2H3/t11-/m0/s1. The summed E-state index contributed by atoms with van der Waals surface area (Å²) in [6.45, 7) is 2.38. The summed E-state index contributed by atoms with van der Waals surface area (Å²) in [5.74, 6) is 3.38. The second kappa shape index (κ2) is 6.10. The highest BCUT2D eigenvalue weighted by atomic mass is 16.5. The number of hydrogen-bond acceptors (Lipinski definition) is 2. The highest BCUT2D eigenvalue weighted by molar-refractivity contribution is 5.28. The van der Waals surface area contributed by atoms with Crippen molar-refractivity contribution >= 4 is 0 Å². The number of benzene rings is 1. The summed E-state index contributed by atoms with van der Waals surface area (Å²) < 4.78 is 5.47. The van der Waals surface area contributed by atoms with Gasteiger partial charge in [-0.3, -0.25) is 0 Å². The van der Waals surface area contributed by atoms with E-state index in [1.807, 2.05) is 24.3 Å². The molecule has 2 nitrogen and oxygen atoms in total. The molecule has 0 radical (unpaired) electrons.